The Bertz CT molecular complexity index is 226. The van der Waals surface area contributed by atoms with Gasteiger partial charge in [-0.3, -0.25) is 0 Å². The standard InChI is InChI=1S/C6H5Br2F3O2/c7-5(8)1-3(5)2-13-4(12)6(9,10)11/h3H,1-2H2. The van der Waals surface area contributed by atoms with Gasteiger partial charge in [-0.2, -0.15) is 13.2 Å². The number of ether oxygens (including phenoxy) is 1. The van der Waals surface area contributed by atoms with E-state index in [1.807, 2.05) is 0 Å². The number of esters is 1. The predicted octanol–water partition coefficient (Wildman–Crippen LogP) is 2.60. The molecule has 0 N–H and O–H groups in total. The summed E-state index contributed by atoms with van der Waals surface area (Å²) < 4.78 is 38.5. The molecule has 0 amide bonds. The Morgan fingerprint density at radius 3 is 2.31 bits per heavy atom. The molecule has 0 saturated heterocycles. The second-order valence-electron chi connectivity index (χ2n) is 2.76. The van der Waals surface area contributed by atoms with Crippen LogP contribution in [0.3, 0.4) is 0 Å². The number of hydrogen-bond acceptors (Lipinski definition) is 2. The van der Waals surface area contributed by atoms with Crippen LogP contribution in [0.25, 0.3) is 0 Å². The third kappa shape index (κ3) is 3.12. The van der Waals surface area contributed by atoms with Crippen molar-refractivity contribution in [3.8, 4) is 0 Å². The van der Waals surface area contributed by atoms with Crippen molar-refractivity contribution in [3.05, 3.63) is 0 Å². The van der Waals surface area contributed by atoms with Crippen molar-refractivity contribution >= 4 is 37.8 Å². The molecule has 0 aromatic rings. The maximum Gasteiger partial charge on any atom is 0.490 e. The number of hydrogen-bond donors (Lipinski definition) is 0. The maximum atomic E-state index is 11.6. The fourth-order valence-electron chi connectivity index (χ4n) is 0.709. The lowest BCUT2D eigenvalue weighted by Gasteiger charge is -2.06. The predicted molar refractivity (Wildman–Crippen MR) is 45.7 cm³/mol. The van der Waals surface area contributed by atoms with Gasteiger partial charge in [-0.15, -0.1) is 0 Å². The van der Waals surface area contributed by atoms with E-state index in [0.717, 1.165) is 0 Å². The van der Waals surface area contributed by atoms with E-state index in [9.17, 15) is 18.0 Å². The zero-order valence-electron chi connectivity index (χ0n) is 6.20. The molecule has 13 heavy (non-hydrogen) atoms. The van der Waals surface area contributed by atoms with Crippen LogP contribution in [0.2, 0.25) is 0 Å². The van der Waals surface area contributed by atoms with Crippen LogP contribution in [-0.2, 0) is 9.53 Å². The minimum Gasteiger partial charge on any atom is -0.459 e. The first-order chi connectivity index (χ1) is 5.73. The first-order valence-electron chi connectivity index (χ1n) is 3.35. The molecule has 1 rings (SSSR count). The number of rotatable bonds is 2. The summed E-state index contributed by atoms with van der Waals surface area (Å²) in [5, 5.41) is 0. The van der Waals surface area contributed by atoms with Gasteiger partial charge < -0.3 is 4.74 Å². The molecule has 0 aromatic heterocycles. The van der Waals surface area contributed by atoms with E-state index in [4.69, 9.17) is 0 Å². The van der Waals surface area contributed by atoms with Gasteiger partial charge >= 0.3 is 12.1 Å². The summed E-state index contributed by atoms with van der Waals surface area (Å²) in [5.41, 5.74) is 0. The van der Waals surface area contributed by atoms with Crippen LogP contribution in [0.15, 0.2) is 0 Å². The molecule has 1 aliphatic carbocycles. The molecule has 0 heterocycles. The first-order valence-corrected chi connectivity index (χ1v) is 4.94. The highest BCUT2D eigenvalue weighted by Crippen LogP contribution is 2.56. The summed E-state index contributed by atoms with van der Waals surface area (Å²) in [4.78, 5) is 10.2. The van der Waals surface area contributed by atoms with Crippen molar-refractivity contribution < 1.29 is 22.7 Å². The second kappa shape index (κ2) is 3.42. The smallest absolute Gasteiger partial charge is 0.459 e. The van der Waals surface area contributed by atoms with Crippen LogP contribution in [0.1, 0.15) is 6.42 Å². The lowest BCUT2D eigenvalue weighted by Crippen LogP contribution is -2.26. The molecule has 0 radical (unpaired) electrons. The zero-order chi connectivity index (χ0) is 10.3. The highest BCUT2D eigenvalue weighted by molar-refractivity contribution is 9.25. The molecule has 1 fully saturated rings. The van der Waals surface area contributed by atoms with Crippen LogP contribution in [0.5, 0.6) is 0 Å². The van der Waals surface area contributed by atoms with Crippen LogP contribution in [0, 0.1) is 5.92 Å². The lowest BCUT2D eigenvalue weighted by atomic mass is 10.5. The Kier molecular flexibility index (Phi) is 2.97. The zero-order valence-corrected chi connectivity index (χ0v) is 9.37. The van der Waals surface area contributed by atoms with E-state index < -0.39 is 12.1 Å². The third-order valence-corrected chi connectivity index (χ3v) is 3.55. The molecule has 1 unspecified atom stereocenters. The van der Waals surface area contributed by atoms with Crippen molar-refractivity contribution in [2.75, 3.05) is 6.61 Å². The van der Waals surface area contributed by atoms with Gasteiger partial charge in [0.15, 0.2) is 0 Å². The van der Waals surface area contributed by atoms with Crippen molar-refractivity contribution in [1.29, 1.82) is 0 Å². The summed E-state index contributed by atoms with van der Waals surface area (Å²) in [5.74, 6) is -2.21. The Labute approximate surface area is 89.1 Å². The normalized spacial score (nSPS) is 25.5. The molecule has 76 valence electrons. The minimum absolute atomic E-state index is 0.0844. The van der Waals surface area contributed by atoms with Gasteiger partial charge in [0.2, 0.25) is 0 Å². The minimum atomic E-state index is -4.89. The van der Waals surface area contributed by atoms with Gasteiger partial charge in [-0.05, 0) is 6.42 Å². The summed E-state index contributed by atoms with van der Waals surface area (Å²) in [6, 6.07) is 0. The molecule has 0 aromatic carbocycles. The molecule has 0 aliphatic heterocycles. The van der Waals surface area contributed by atoms with Gasteiger partial charge in [0.1, 0.15) is 0 Å². The molecular formula is C6H5Br2F3O2. The van der Waals surface area contributed by atoms with Crippen molar-refractivity contribution in [2.45, 2.75) is 15.8 Å². The third-order valence-electron chi connectivity index (χ3n) is 1.60. The van der Waals surface area contributed by atoms with E-state index in [2.05, 4.69) is 36.6 Å². The summed E-state index contributed by atoms with van der Waals surface area (Å²) in [6.45, 7) is -0.213. The van der Waals surface area contributed by atoms with Crippen LogP contribution in [-0.4, -0.2) is 22.0 Å². The van der Waals surface area contributed by atoms with Gasteiger partial charge in [0, 0.05) is 5.92 Å². The van der Waals surface area contributed by atoms with Crippen LogP contribution < -0.4 is 0 Å². The van der Waals surface area contributed by atoms with E-state index >= 15 is 0 Å². The number of halogens is 5. The summed E-state index contributed by atoms with van der Waals surface area (Å²) in [6.07, 6.45) is -4.24. The van der Waals surface area contributed by atoms with E-state index in [1.165, 1.54) is 0 Å². The van der Waals surface area contributed by atoms with Crippen molar-refractivity contribution in [2.24, 2.45) is 5.92 Å². The van der Waals surface area contributed by atoms with E-state index in [0.29, 0.717) is 6.42 Å². The lowest BCUT2D eigenvalue weighted by molar-refractivity contribution is -0.200. The highest BCUT2D eigenvalue weighted by Gasteiger charge is 2.52. The molecule has 2 nitrogen and oxygen atoms in total. The Balaban J connectivity index is 2.25. The molecule has 0 bridgehead atoms. The van der Waals surface area contributed by atoms with E-state index in [-0.39, 0.29) is 15.8 Å². The Morgan fingerprint density at radius 2 is 2.00 bits per heavy atom. The van der Waals surface area contributed by atoms with Gasteiger partial charge in [0.25, 0.3) is 0 Å². The number of carbonyl (C=O) groups is 1. The average molecular weight is 326 g/mol. The topological polar surface area (TPSA) is 26.3 Å². The Hall–Kier alpha value is 0.220. The second-order valence-corrected chi connectivity index (χ2v) is 6.65. The van der Waals surface area contributed by atoms with Crippen molar-refractivity contribution in [3.63, 3.8) is 0 Å². The Morgan fingerprint density at radius 1 is 1.54 bits per heavy atom. The molecule has 7 heteroatoms. The maximum absolute atomic E-state index is 11.6. The summed E-state index contributed by atoms with van der Waals surface area (Å²) >= 11 is 6.39. The fourth-order valence-corrected chi connectivity index (χ4v) is 1.75. The molecule has 1 aliphatic rings. The van der Waals surface area contributed by atoms with E-state index in [1.54, 1.807) is 0 Å². The van der Waals surface area contributed by atoms with Gasteiger partial charge in [0.05, 0.1) is 9.84 Å². The van der Waals surface area contributed by atoms with Crippen LogP contribution >= 0.6 is 31.9 Å². The molecule has 1 atom stereocenters. The van der Waals surface area contributed by atoms with Crippen LogP contribution in [0.4, 0.5) is 13.2 Å². The number of carbonyl (C=O) groups excluding carboxylic acids is 1. The summed E-state index contributed by atoms with van der Waals surface area (Å²) in [7, 11) is 0. The average Bonchev–Trinajstić information content (AvgIpc) is 2.52. The quantitative estimate of drug-likeness (QED) is 0.576. The number of alkyl halides is 5. The van der Waals surface area contributed by atoms with Gasteiger partial charge in [-0.1, -0.05) is 31.9 Å². The largest absolute Gasteiger partial charge is 0.490 e. The van der Waals surface area contributed by atoms with Crippen molar-refractivity contribution in [1.82, 2.24) is 0 Å². The molecule has 1 saturated carbocycles. The molecular weight excluding hydrogens is 321 g/mol. The SMILES string of the molecule is O=C(OCC1CC1(Br)Br)C(F)(F)F. The highest BCUT2D eigenvalue weighted by atomic mass is 79.9. The monoisotopic (exact) mass is 324 g/mol. The fraction of sp³-hybridized carbons (Fsp3) is 0.833. The first kappa shape index (κ1) is 11.3. The molecule has 0 spiro atoms. The van der Waals surface area contributed by atoms with Gasteiger partial charge in [-0.25, -0.2) is 4.79 Å².